The molecule has 10 N–H and O–H groups in total. The highest BCUT2D eigenvalue weighted by molar-refractivity contribution is 5.94. The maximum Gasteiger partial charge on any atom is 0.322 e. The van der Waals surface area contributed by atoms with Crippen molar-refractivity contribution < 1.29 is 29.4 Å². The molecule has 1 rings (SSSR count). The van der Waals surface area contributed by atoms with E-state index >= 15 is 0 Å². The maximum absolute atomic E-state index is 12.6. The van der Waals surface area contributed by atoms with Gasteiger partial charge in [-0.25, -0.2) is 0 Å². The number of rotatable bonds is 11. The summed E-state index contributed by atoms with van der Waals surface area (Å²) in [6, 6.07) is -2.98. The van der Waals surface area contributed by atoms with E-state index in [4.69, 9.17) is 22.3 Å². The molecule has 0 saturated carbocycles. The predicted octanol–water partition coefficient (Wildman–Crippen LogP) is -3.96. The summed E-state index contributed by atoms with van der Waals surface area (Å²) in [6.45, 7) is -0.694. The Morgan fingerprint density at radius 2 is 1.93 bits per heavy atom. The van der Waals surface area contributed by atoms with Crippen LogP contribution in [0.1, 0.15) is 25.7 Å². The third-order valence-corrected chi connectivity index (χ3v) is 4.35. The Balaban J connectivity index is 2.63. The van der Waals surface area contributed by atoms with E-state index in [0.29, 0.717) is 38.8 Å². The first-order valence-corrected chi connectivity index (χ1v) is 9.19. The summed E-state index contributed by atoms with van der Waals surface area (Å²) in [5, 5.41) is 22.3. The van der Waals surface area contributed by atoms with Crippen LogP contribution in [0.4, 0.5) is 0 Å². The van der Waals surface area contributed by atoms with E-state index in [9.17, 15) is 24.3 Å². The van der Waals surface area contributed by atoms with Crippen molar-refractivity contribution in [3.05, 3.63) is 0 Å². The number of nitrogens with zero attached hydrogens (tertiary/aromatic N) is 2. The topological polar surface area (TPSA) is 226 Å². The zero-order chi connectivity index (χ0) is 22.0. The molecule has 1 saturated heterocycles. The largest absolute Gasteiger partial charge is 0.480 e. The molecule has 0 aromatic rings. The third-order valence-electron chi connectivity index (χ3n) is 4.35. The second-order valence-corrected chi connectivity index (χ2v) is 6.60. The van der Waals surface area contributed by atoms with E-state index < -0.39 is 55.0 Å². The number of aliphatic imine (C=N–C) groups is 1. The Labute approximate surface area is 167 Å². The van der Waals surface area contributed by atoms with Crippen LogP contribution < -0.4 is 27.8 Å². The van der Waals surface area contributed by atoms with E-state index in [1.165, 1.54) is 4.90 Å². The molecular formula is C16H29N7O6. The molecule has 1 aliphatic rings. The molecule has 164 valence electrons. The molecule has 1 heterocycles. The molecule has 0 bridgehead atoms. The number of amides is 3. The molecule has 0 radical (unpaired) electrons. The zero-order valence-electron chi connectivity index (χ0n) is 16.0. The summed E-state index contributed by atoms with van der Waals surface area (Å²) in [4.78, 5) is 52.7. The normalized spacial score (nSPS) is 17.9. The molecule has 13 nitrogen and oxygen atoms in total. The van der Waals surface area contributed by atoms with Gasteiger partial charge in [0.15, 0.2) is 5.96 Å². The summed E-state index contributed by atoms with van der Waals surface area (Å²) < 4.78 is 0. The van der Waals surface area contributed by atoms with Crippen LogP contribution in [0.15, 0.2) is 4.99 Å². The van der Waals surface area contributed by atoms with Gasteiger partial charge < -0.3 is 42.9 Å². The Hall–Kier alpha value is -2.93. The molecule has 3 atom stereocenters. The standard InChI is InChI=1S/C16H29N7O6/c17-9(3-1-5-20-16(18)19)15(29)23-6-2-4-11(23)14(28)22-10(8-24)13(27)21-7-12(25)26/h9-11,24H,1-8,17H2,(H,21,27)(H,22,28)(H,25,26)(H4,18,19,20). The molecule has 3 amide bonds. The summed E-state index contributed by atoms with van der Waals surface area (Å²) in [6.07, 6.45) is 1.79. The van der Waals surface area contributed by atoms with Gasteiger partial charge in [-0.15, -0.1) is 0 Å². The van der Waals surface area contributed by atoms with Gasteiger partial charge in [0.1, 0.15) is 18.6 Å². The van der Waals surface area contributed by atoms with Crippen LogP contribution in [0, 0.1) is 0 Å². The minimum Gasteiger partial charge on any atom is -0.480 e. The first kappa shape index (κ1) is 24.1. The van der Waals surface area contributed by atoms with E-state index in [-0.39, 0.29) is 5.96 Å². The lowest BCUT2D eigenvalue weighted by Crippen LogP contribution is -2.56. The number of carbonyl (C=O) groups excluding carboxylic acids is 3. The number of hydrogen-bond acceptors (Lipinski definition) is 7. The van der Waals surface area contributed by atoms with E-state index in [2.05, 4.69) is 15.6 Å². The number of nitrogens with one attached hydrogen (secondary N) is 2. The van der Waals surface area contributed by atoms with Gasteiger partial charge in [-0.3, -0.25) is 24.2 Å². The molecule has 0 aliphatic carbocycles. The van der Waals surface area contributed by atoms with Gasteiger partial charge in [0.25, 0.3) is 0 Å². The van der Waals surface area contributed by atoms with Crippen LogP contribution in [0.5, 0.6) is 0 Å². The predicted molar refractivity (Wildman–Crippen MR) is 102 cm³/mol. The van der Waals surface area contributed by atoms with Gasteiger partial charge in [0.05, 0.1) is 12.6 Å². The minimum atomic E-state index is -1.33. The van der Waals surface area contributed by atoms with Crippen molar-refractivity contribution in [1.29, 1.82) is 0 Å². The molecule has 0 spiro atoms. The first-order valence-electron chi connectivity index (χ1n) is 9.19. The summed E-state index contributed by atoms with van der Waals surface area (Å²) >= 11 is 0. The van der Waals surface area contributed by atoms with Crippen molar-refractivity contribution in [3.8, 4) is 0 Å². The Kier molecular flexibility index (Phi) is 9.82. The van der Waals surface area contributed by atoms with E-state index in [1.54, 1.807) is 0 Å². The highest BCUT2D eigenvalue weighted by Gasteiger charge is 2.37. The number of nitrogens with two attached hydrogens (primary N) is 3. The molecule has 0 aromatic heterocycles. The van der Waals surface area contributed by atoms with Gasteiger partial charge >= 0.3 is 5.97 Å². The maximum atomic E-state index is 12.6. The SMILES string of the molecule is NC(N)=NCCCC(N)C(=O)N1CCCC1C(=O)NC(CO)C(=O)NCC(=O)O. The van der Waals surface area contributed by atoms with Gasteiger partial charge in [0.2, 0.25) is 17.7 Å². The number of carboxylic acids is 1. The van der Waals surface area contributed by atoms with Crippen LogP contribution in [0.3, 0.4) is 0 Å². The van der Waals surface area contributed by atoms with Crippen LogP contribution in [-0.4, -0.2) is 89.1 Å². The summed E-state index contributed by atoms with van der Waals surface area (Å²) in [5.74, 6) is -3.17. The average Bonchev–Trinajstić information content (AvgIpc) is 3.16. The van der Waals surface area contributed by atoms with Gasteiger partial charge in [-0.2, -0.15) is 0 Å². The molecular weight excluding hydrogens is 386 g/mol. The molecule has 3 unspecified atom stereocenters. The Morgan fingerprint density at radius 1 is 1.24 bits per heavy atom. The lowest BCUT2D eigenvalue weighted by atomic mass is 10.1. The molecule has 13 heteroatoms. The summed E-state index contributed by atoms with van der Waals surface area (Å²) in [5.41, 5.74) is 16.4. The van der Waals surface area contributed by atoms with Crippen molar-refractivity contribution in [2.45, 2.75) is 43.8 Å². The molecule has 1 aliphatic heterocycles. The number of carboxylic acid groups (broad SMARTS) is 1. The van der Waals surface area contributed by atoms with Crippen molar-refractivity contribution in [2.24, 2.45) is 22.2 Å². The lowest BCUT2D eigenvalue weighted by molar-refractivity contribution is -0.141. The van der Waals surface area contributed by atoms with Crippen molar-refractivity contribution in [3.63, 3.8) is 0 Å². The number of guanidine groups is 1. The number of likely N-dealkylation sites (tertiary alicyclic amines) is 1. The van der Waals surface area contributed by atoms with Crippen LogP contribution in [-0.2, 0) is 19.2 Å². The highest BCUT2D eigenvalue weighted by atomic mass is 16.4. The van der Waals surface area contributed by atoms with Crippen LogP contribution >= 0.6 is 0 Å². The average molecular weight is 415 g/mol. The zero-order valence-corrected chi connectivity index (χ0v) is 16.0. The van der Waals surface area contributed by atoms with Crippen LogP contribution in [0.2, 0.25) is 0 Å². The van der Waals surface area contributed by atoms with Crippen LogP contribution in [0.25, 0.3) is 0 Å². The second-order valence-electron chi connectivity index (χ2n) is 6.60. The number of aliphatic carboxylic acids is 1. The fourth-order valence-corrected chi connectivity index (χ4v) is 2.91. The van der Waals surface area contributed by atoms with Crippen molar-refractivity contribution >= 4 is 29.7 Å². The number of hydrogen-bond donors (Lipinski definition) is 7. The Morgan fingerprint density at radius 3 is 2.52 bits per heavy atom. The highest BCUT2D eigenvalue weighted by Crippen LogP contribution is 2.19. The lowest BCUT2D eigenvalue weighted by Gasteiger charge is -2.28. The minimum absolute atomic E-state index is 0.0491. The van der Waals surface area contributed by atoms with E-state index in [0.717, 1.165) is 0 Å². The first-order chi connectivity index (χ1) is 13.7. The van der Waals surface area contributed by atoms with Gasteiger partial charge in [0, 0.05) is 13.1 Å². The van der Waals surface area contributed by atoms with Crippen molar-refractivity contribution in [1.82, 2.24) is 15.5 Å². The van der Waals surface area contributed by atoms with Gasteiger partial charge in [-0.05, 0) is 25.7 Å². The Bertz CT molecular complexity index is 637. The molecule has 1 fully saturated rings. The monoisotopic (exact) mass is 415 g/mol. The number of carbonyl (C=O) groups is 4. The second kappa shape index (κ2) is 11.8. The summed E-state index contributed by atoms with van der Waals surface area (Å²) in [7, 11) is 0. The van der Waals surface area contributed by atoms with Crippen molar-refractivity contribution in [2.75, 3.05) is 26.2 Å². The van der Waals surface area contributed by atoms with E-state index in [1.807, 2.05) is 0 Å². The number of aliphatic hydroxyl groups is 1. The number of aliphatic hydroxyl groups excluding tert-OH is 1. The molecule has 0 aromatic carbocycles. The fraction of sp³-hybridized carbons (Fsp3) is 0.688. The smallest absolute Gasteiger partial charge is 0.322 e. The third kappa shape index (κ3) is 7.91. The fourth-order valence-electron chi connectivity index (χ4n) is 2.91. The van der Waals surface area contributed by atoms with Gasteiger partial charge in [-0.1, -0.05) is 0 Å². The molecule has 29 heavy (non-hydrogen) atoms. The quantitative estimate of drug-likeness (QED) is 0.0990.